The summed E-state index contributed by atoms with van der Waals surface area (Å²) in [5.41, 5.74) is 0. The minimum absolute atomic E-state index is 0.419. The van der Waals surface area contributed by atoms with E-state index < -0.39 is 5.24 Å². The molecule has 0 saturated heterocycles. The predicted octanol–water partition coefficient (Wildman–Crippen LogP) is 1.33. The molecule has 0 aliphatic rings. The molecule has 0 amide bonds. The lowest BCUT2D eigenvalue weighted by Crippen LogP contribution is -1.70. The monoisotopic (exact) mass is 104 g/mol. The number of carbonyl (C=O) groups excluding carboxylic acids is 1. The fraction of sp³-hybridized carbons (Fsp3) is 0.250. The Hall–Kier alpha value is -0.300. The number of hydrogen-bond donors (Lipinski definition) is 0. The van der Waals surface area contributed by atoms with E-state index in [-0.39, 0.29) is 0 Å². The highest BCUT2D eigenvalue weighted by Crippen LogP contribution is 1.78. The Labute approximate surface area is 41.6 Å². The van der Waals surface area contributed by atoms with Crippen LogP contribution in [0.1, 0.15) is 6.92 Å². The summed E-state index contributed by atoms with van der Waals surface area (Å²) in [6, 6.07) is 0. The molecule has 0 aromatic heterocycles. The van der Waals surface area contributed by atoms with Gasteiger partial charge in [0.1, 0.15) is 0 Å². The average molecular weight is 105 g/mol. The molecule has 1 nitrogen and oxygen atoms in total. The van der Waals surface area contributed by atoms with E-state index in [1.54, 1.807) is 13.0 Å². The highest BCUT2D eigenvalue weighted by Gasteiger charge is 1.77. The van der Waals surface area contributed by atoms with Crippen molar-refractivity contribution in [1.82, 2.24) is 0 Å². The molecule has 0 spiro atoms. The lowest BCUT2D eigenvalue weighted by molar-refractivity contribution is -0.107. The fourth-order valence-corrected chi connectivity index (χ4v) is 0.257. The maximum Gasteiger partial charge on any atom is 0.244 e. The molecule has 0 saturated carbocycles. The SMILES string of the molecule is C/C=C\C(=O)Cl. The molecule has 0 heterocycles. The van der Waals surface area contributed by atoms with Crippen molar-refractivity contribution in [3.63, 3.8) is 0 Å². The van der Waals surface area contributed by atoms with Gasteiger partial charge in [-0.15, -0.1) is 0 Å². The van der Waals surface area contributed by atoms with Gasteiger partial charge in [0.05, 0.1) is 0 Å². The van der Waals surface area contributed by atoms with Crippen molar-refractivity contribution < 1.29 is 4.79 Å². The molecule has 2 heteroatoms. The van der Waals surface area contributed by atoms with E-state index in [4.69, 9.17) is 11.6 Å². The first-order valence-electron chi connectivity index (χ1n) is 1.59. The van der Waals surface area contributed by atoms with E-state index in [0.717, 1.165) is 0 Å². The Morgan fingerprint density at radius 1 is 1.83 bits per heavy atom. The van der Waals surface area contributed by atoms with Gasteiger partial charge < -0.3 is 0 Å². The van der Waals surface area contributed by atoms with Gasteiger partial charge in [0, 0.05) is 0 Å². The highest BCUT2D eigenvalue weighted by atomic mass is 35.5. The van der Waals surface area contributed by atoms with Crippen LogP contribution in [0.2, 0.25) is 0 Å². The summed E-state index contributed by atoms with van der Waals surface area (Å²) in [7, 11) is 0. The Balaban J connectivity index is 3.30. The van der Waals surface area contributed by atoms with Gasteiger partial charge in [0.15, 0.2) is 0 Å². The third-order valence-electron chi connectivity index (χ3n) is 0.298. The summed E-state index contributed by atoms with van der Waals surface area (Å²) < 4.78 is 0. The zero-order chi connectivity index (χ0) is 4.99. The Kier molecular flexibility index (Phi) is 2.77. The molecular weight excluding hydrogens is 99.5 g/mol. The molecule has 0 atom stereocenters. The lowest BCUT2D eigenvalue weighted by atomic mass is 10.6. The quantitative estimate of drug-likeness (QED) is 0.362. The van der Waals surface area contributed by atoms with Crippen LogP contribution in [-0.4, -0.2) is 5.24 Å². The molecule has 0 aliphatic carbocycles. The summed E-state index contributed by atoms with van der Waals surface area (Å²) in [5.74, 6) is 0. The van der Waals surface area contributed by atoms with Crippen LogP contribution in [0, 0.1) is 0 Å². The molecule has 0 fully saturated rings. The highest BCUT2D eigenvalue weighted by molar-refractivity contribution is 6.66. The van der Waals surface area contributed by atoms with Gasteiger partial charge in [-0.25, -0.2) is 0 Å². The van der Waals surface area contributed by atoms with Crippen molar-refractivity contribution in [1.29, 1.82) is 0 Å². The average Bonchev–Trinajstić information content (AvgIpc) is 1.35. The molecule has 34 valence electrons. The van der Waals surface area contributed by atoms with Crippen LogP contribution in [0.15, 0.2) is 12.2 Å². The minimum Gasteiger partial charge on any atom is -0.276 e. The van der Waals surface area contributed by atoms with E-state index >= 15 is 0 Å². The first kappa shape index (κ1) is 5.70. The normalized spacial score (nSPS) is 9.67. The molecule has 0 N–H and O–H groups in total. The van der Waals surface area contributed by atoms with Gasteiger partial charge in [-0.1, -0.05) is 6.08 Å². The van der Waals surface area contributed by atoms with Crippen LogP contribution in [0.5, 0.6) is 0 Å². The molecule has 0 aromatic rings. The van der Waals surface area contributed by atoms with Gasteiger partial charge in [0.25, 0.3) is 0 Å². The smallest absolute Gasteiger partial charge is 0.244 e. The van der Waals surface area contributed by atoms with Gasteiger partial charge >= 0.3 is 0 Å². The largest absolute Gasteiger partial charge is 0.276 e. The standard InChI is InChI=1S/C4H5ClO/c1-2-3-4(5)6/h2-3H,1H3/b3-2-. The molecule has 0 rings (SSSR count). The van der Waals surface area contributed by atoms with E-state index in [1.165, 1.54) is 6.08 Å². The van der Waals surface area contributed by atoms with Crippen molar-refractivity contribution in [3.05, 3.63) is 12.2 Å². The van der Waals surface area contributed by atoms with Crippen LogP contribution >= 0.6 is 11.6 Å². The molecule has 0 bridgehead atoms. The van der Waals surface area contributed by atoms with Gasteiger partial charge in [-0.05, 0) is 24.6 Å². The zero-order valence-electron chi connectivity index (χ0n) is 3.44. The first-order valence-corrected chi connectivity index (χ1v) is 1.97. The molecule has 6 heavy (non-hydrogen) atoms. The summed E-state index contributed by atoms with van der Waals surface area (Å²) in [6.45, 7) is 1.74. The molecule has 0 aliphatic heterocycles. The molecule has 0 aromatic carbocycles. The number of rotatable bonds is 1. The van der Waals surface area contributed by atoms with Gasteiger partial charge in [0.2, 0.25) is 5.24 Å². The van der Waals surface area contributed by atoms with Crippen molar-refractivity contribution in [3.8, 4) is 0 Å². The Bertz CT molecular complexity index is 75.6. The molecular formula is C4H5ClO. The van der Waals surface area contributed by atoms with E-state index in [0.29, 0.717) is 0 Å². The maximum atomic E-state index is 9.72. The van der Waals surface area contributed by atoms with E-state index in [1.807, 2.05) is 0 Å². The Morgan fingerprint density at radius 2 is 2.33 bits per heavy atom. The van der Waals surface area contributed by atoms with Crippen LogP contribution in [0.3, 0.4) is 0 Å². The number of allylic oxidation sites excluding steroid dienone is 2. The van der Waals surface area contributed by atoms with Crippen LogP contribution < -0.4 is 0 Å². The lowest BCUT2D eigenvalue weighted by Gasteiger charge is -1.65. The van der Waals surface area contributed by atoms with Gasteiger partial charge in [-0.3, -0.25) is 4.79 Å². The first-order chi connectivity index (χ1) is 2.77. The molecule has 0 unspecified atom stereocenters. The second-order valence-electron chi connectivity index (χ2n) is 0.804. The van der Waals surface area contributed by atoms with Crippen molar-refractivity contribution >= 4 is 16.8 Å². The van der Waals surface area contributed by atoms with Crippen molar-refractivity contribution in [2.75, 3.05) is 0 Å². The van der Waals surface area contributed by atoms with E-state index in [9.17, 15) is 4.79 Å². The summed E-state index contributed by atoms with van der Waals surface area (Å²) in [4.78, 5) is 9.72. The maximum absolute atomic E-state index is 9.72. The van der Waals surface area contributed by atoms with Crippen molar-refractivity contribution in [2.24, 2.45) is 0 Å². The third-order valence-corrected chi connectivity index (χ3v) is 0.424. The van der Waals surface area contributed by atoms with Crippen LogP contribution in [0.4, 0.5) is 0 Å². The second kappa shape index (κ2) is 2.91. The number of hydrogen-bond acceptors (Lipinski definition) is 1. The number of carbonyl (C=O) groups is 1. The Morgan fingerprint density at radius 3 is 2.33 bits per heavy atom. The molecule has 0 radical (unpaired) electrons. The second-order valence-corrected chi connectivity index (χ2v) is 1.18. The fourth-order valence-electron chi connectivity index (χ4n) is 0.131. The van der Waals surface area contributed by atoms with Gasteiger partial charge in [-0.2, -0.15) is 0 Å². The topological polar surface area (TPSA) is 17.1 Å². The zero-order valence-corrected chi connectivity index (χ0v) is 4.20. The summed E-state index contributed by atoms with van der Waals surface area (Å²) in [6.07, 6.45) is 2.89. The van der Waals surface area contributed by atoms with Crippen molar-refractivity contribution in [2.45, 2.75) is 6.92 Å². The third kappa shape index (κ3) is 3.70. The summed E-state index contributed by atoms with van der Waals surface area (Å²) in [5, 5.41) is -0.419. The minimum atomic E-state index is -0.419. The van der Waals surface area contributed by atoms with E-state index in [2.05, 4.69) is 0 Å². The van der Waals surface area contributed by atoms with Crippen LogP contribution in [0.25, 0.3) is 0 Å². The number of halogens is 1. The summed E-state index contributed by atoms with van der Waals surface area (Å²) >= 11 is 4.85. The predicted molar refractivity (Wildman–Crippen MR) is 25.7 cm³/mol. The van der Waals surface area contributed by atoms with Crippen LogP contribution in [-0.2, 0) is 4.79 Å².